The number of hydrogen-bond donors (Lipinski definition) is 0. The van der Waals surface area contributed by atoms with Crippen molar-refractivity contribution >= 4 is 42.8 Å². The minimum atomic E-state index is -1.85. The molecule has 5 rings (SSSR count). The molecule has 0 fully saturated rings. The van der Waals surface area contributed by atoms with E-state index in [2.05, 4.69) is 114 Å². The average Bonchev–Trinajstić information content (AvgIpc) is 3.38. The molecule has 5 aromatic rings. The predicted molar refractivity (Wildman–Crippen MR) is 141 cm³/mol. The molecule has 0 saturated carbocycles. The summed E-state index contributed by atoms with van der Waals surface area (Å²) >= 11 is -1.85. The fraction of sp³-hybridized carbons (Fsp3) is 0.0357. The monoisotopic (exact) mass is 524 g/mol. The third-order valence-electron chi connectivity index (χ3n) is 4.66. The molecule has 0 amide bonds. The van der Waals surface area contributed by atoms with E-state index >= 15 is 0 Å². The van der Waals surface area contributed by atoms with E-state index in [-0.39, 0.29) is 14.9 Å². The Morgan fingerprint density at radius 1 is 0.677 bits per heavy atom. The zero-order valence-electron chi connectivity index (χ0n) is 18.3. The first kappa shape index (κ1) is 27.2. The van der Waals surface area contributed by atoms with E-state index in [1.807, 2.05) is 0 Å². The Morgan fingerprint density at radius 2 is 1.19 bits per heavy atom. The van der Waals surface area contributed by atoms with E-state index in [1.54, 1.807) is 0 Å². The van der Waals surface area contributed by atoms with Crippen LogP contribution < -0.4 is 0 Å². The maximum Gasteiger partial charge on any atom is -0.0279 e. The zero-order valence-corrected chi connectivity index (χ0v) is 22.2. The molecular formula is C28H28Cl2Zr-4. The van der Waals surface area contributed by atoms with Gasteiger partial charge in [0.05, 0.1) is 0 Å². The average molecular weight is 527 g/mol. The standard InChI is InChI=1S/C15H11.C10H9.2CH3.CH2.2ClH.Zr/c1-2-6-12(7-3-1)14-10-4-8-13-9-5-11-15(13)14;1-8-4-2-5-9-6-3-7-10(8)9;;;;;;/h1-11H;2-7H,1H3;2*1H3;1H2;2*1H;/q4*-1;;;;+2/p-2. The van der Waals surface area contributed by atoms with Crippen molar-refractivity contribution < 1.29 is 18.9 Å². The van der Waals surface area contributed by atoms with Crippen molar-refractivity contribution in [3.63, 3.8) is 0 Å². The second kappa shape index (κ2) is 13.6. The van der Waals surface area contributed by atoms with E-state index in [0.717, 1.165) is 0 Å². The van der Waals surface area contributed by atoms with Gasteiger partial charge in [0.1, 0.15) is 0 Å². The van der Waals surface area contributed by atoms with Crippen LogP contribution in [0.3, 0.4) is 0 Å². The summed E-state index contributed by atoms with van der Waals surface area (Å²) in [6.07, 6.45) is 0. The van der Waals surface area contributed by atoms with Gasteiger partial charge in [0.2, 0.25) is 0 Å². The molecule has 0 bridgehead atoms. The molecule has 162 valence electrons. The molecule has 0 heterocycles. The van der Waals surface area contributed by atoms with Crippen LogP contribution in [0.25, 0.3) is 32.7 Å². The van der Waals surface area contributed by atoms with Crippen molar-refractivity contribution in [2.45, 2.75) is 6.92 Å². The molecule has 0 aromatic heterocycles. The molecule has 0 aliphatic heterocycles. The molecule has 0 unspecified atom stereocenters. The van der Waals surface area contributed by atoms with Crippen LogP contribution in [0.5, 0.6) is 0 Å². The largest absolute Gasteiger partial charge is 0.358 e. The summed E-state index contributed by atoms with van der Waals surface area (Å²) in [4.78, 5) is 0. The van der Waals surface area contributed by atoms with E-state index in [9.17, 15) is 0 Å². The van der Waals surface area contributed by atoms with E-state index in [0.29, 0.717) is 0 Å². The molecule has 5 aromatic carbocycles. The van der Waals surface area contributed by atoms with Gasteiger partial charge in [-0.2, -0.15) is 24.3 Å². The van der Waals surface area contributed by atoms with Crippen molar-refractivity contribution in [2.75, 3.05) is 0 Å². The van der Waals surface area contributed by atoms with Crippen molar-refractivity contribution in [1.82, 2.24) is 0 Å². The summed E-state index contributed by atoms with van der Waals surface area (Å²) in [6.45, 7) is 2.14. The minimum Gasteiger partial charge on any atom is -0.358 e. The van der Waals surface area contributed by atoms with Gasteiger partial charge in [-0.05, 0) is 12.5 Å². The summed E-state index contributed by atoms with van der Waals surface area (Å²) in [5.41, 5.74) is 3.97. The fourth-order valence-electron chi connectivity index (χ4n) is 3.36. The number of fused-ring (bicyclic) bond motifs is 2. The SMILES string of the molecule is Cc1cccc2[cH-]ccc12.[CH2]=[Zr]([Cl])[Cl].[CH3-].[CH3-].c1ccc(-c2cccc3[cH-]ccc23)cc1. The van der Waals surface area contributed by atoms with Crippen LogP contribution in [0, 0.1) is 21.8 Å². The second-order valence-corrected chi connectivity index (χ2v) is 14.9. The van der Waals surface area contributed by atoms with Crippen LogP contribution >= 0.6 is 17.0 Å². The zero-order chi connectivity index (χ0) is 20.6. The smallest absolute Gasteiger partial charge is 0.0279 e. The van der Waals surface area contributed by atoms with Gasteiger partial charge in [0, 0.05) is 0 Å². The van der Waals surface area contributed by atoms with Gasteiger partial charge in [-0.3, -0.25) is 0 Å². The Hall–Kier alpha value is -1.79. The van der Waals surface area contributed by atoms with Crippen molar-refractivity contribution in [2.24, 2.45) is 0 Å². The molecule has 0 atom stereocenters. The first-order valence-electron chi connectivity index (χ1n) is 9.37. The molecule has 3 heteroatoms. The Morgan fingerprint density at radius 3 is 1.77 bits per heavy atom. The summed E-state index contributed by atoms with van der Waals surface area (Å²) in [5, 5.41) is 5.38. The number of benzene rings is 3. The van der Waals surface area contributed by atoms with Gasteiger partial charge in [-0.15, -0.1) is 57.9 Å². The maximum absolute atomic E-state index is 5.13. The minimum absolute atomic E-state index is 0. The van der Waals surface area contributed by atoms with Crippen LogP contribution in [0.1, 0.15) is 5.56 Å². The van der Waals surface area contributed by atoms with E-state index < -0.39 is 18.9 Å². The summed E-state index contributed by atoms with van der Waals surface area (Å²) < 4.78 is 3.37. The van der Waals surface area contributed by atoms with Crippen molar-refractivity contribution in [3.05, 3.63) is 124 Å². The Labute approximate surface area is 202 Å². The quantitative estimate of drug-likeness (QED) is 0.191. The molecule has 0 spiro atoms. The predicted octanol–water partition coefficient (Wildman–Crippen LogP) is 9.34. The molecule has 0 nitrogen and oxygen atoms in total. The third kappa shape index (κ3) is 7.69. The Kier molecular flexibility index (Phi) is 11.9. The Bertz CT molecular complexity index is 1200. The number of halogens is 2. The first-order valence-corrected chi connectivity index (χ1v) is 17.4. The van der Waals surface area contributed by atoms with Gasteiger partial charge in [0.25, 0.3) is 0 Å². The number of hydrogen-bond acceptors (Lipinski definition) is 0. The Balaban J connectivity index is 0.000000263. The van der Waals surface area contributed by atoms with Gasteiger partial charge in [-0.25, -0.2) is 0 Å². The summed E-state index contributed by atoms with van der Waals surface area (Å²) in [6, 6.07) is 36.2. The maximum atomic E-state index is 5.13. The van der Waals surface area contributed by atoms with Gasteiger partial charge >= 0.3 is 40.1 Å². The molecule has 0 aliphatic carbocycles. The van der Waals surface area contributed by atoms with Crippen LogP contribution in [0.15, 0.2) is 103 Å². The molecular weight excluding hydrogens is 498 g/mol. The summed E-state index contributed by atoms with van der Waals surface area (Å²) in [7, 11) is 10.3. The van der Waals surface area contributed by atoms with Crippen LogP contribution in [0.4, 0.5) is 0 Å². The number of rotatable bonds is 1. The van der Waals surface area contributed by atoms with Crippen LogP contribution in [-0.2, 0) is 18.9 Å². The topological polar surface area (TPSA) is 0 Å². The van der Waals surface area contributed by atoms with Crippen LogP contribution in [-0.4, -0.2) is 4.21 Å². The first-order chi connectivity index (χ1) is 14.1. The van der Waals surface area contributed by atoms with E-state index in [4.69, 9.17) is 17.0 Å². The third-order valence-corrected chi connectivity index (χ3v) is 4.66. The molecule has 31 heavy (non-hydrogen) atoms. The van der Waals surface area contributed by atoms with Crippen molar-refractivity contribution in [1.29, 1.82) is 0 Å². The van der Waals surface area contributed by atoms with Gasteiger partial charge < -0.3 is 14.9 Å². The fourth-order valence-corrected chi connectivity index (χ4v) is 3.36. The normalized spacial score (nSPS) is 9.39. The van der Waals surface area contributed by atoms with Gasteiger partial charge in [-0.1, -0.05) is 53.6 Å². The molecule has 0 radical (unpaired) electrons. The molecule has 0 aliphatic rings. The van der Waals surface area contributed by atoms with Crippen LogP contribution in [0.2, 0.25) is 0 Å². The molecule has 0 N–H and O–H groups in total. The summed E-state index contributed by atoms with van der Waals surface area (Å²) in [5.74, 6) is 0. The number of aryl methyl sites for hydroxylation is 1. The van der Waals surface area contributed by atoms with Gasteiger partial charge in [0.15, 0.2) is 0 Å². The van der Waals surface area contributed by atoms with Crippen molar-refractivity contribution in [3.8, 4) is 11.1 Å². The van der Waals surface area contributed by atoms with E-state index in [1.165, 1.54) is 38.2 Å². The second-order valence-electron chi connectivity index (χ2n) is 6.64. The molecule has 0 saturated heterocycles.